The molecule has 1 heterocycles. The van der Waals surface area contributed by atoms with Crippen molar-refractivity contribution < 1.29 is 4.79 Å². The topological polar surface area (TPSA) is 44.7 Å². The molecular formula is C19H19Cl2N3O. The van der Waals surface area contributed by atoms with Gasteiger partial charge in [-0.2, -0.15) is 5.10 Å². The Hall–Kier alpha value is -2.04. The van der Waals surface area contributed by atoms with Crippen molar-refractivity contribution in [2.24, 2.45) is 5.10 Å². The SMILES string of the molecule is Cc1cc(/C=N/NC(=O)c2ccc(Cl)cc2Cl)ccc1N1CCCC1. The Morgan fingerprint density at radius 3 is 2.60 bits per heavy atom. The van der Waals surface area contributed by atoms with Crippen molar-refractivity contribution in [3.05, 3.63) is 63.1 Å². The predicted octanol–water partition coefficient (Wildman–Crippen LogP) is 4.67. The maximum Gasteiger partial charge on any atom is 0.272 e. The highest BCUT2D eigenvalue weighted by molar-refractivity contribution is 6.36. The van der Waals surface area contributed by atoms with Crippen LogP contribution in [-0.4, -0.2) is 25.2 Å². The molecule has 2 aromatic carbocycles. The van der Waals surface area contributed by atoms with E-state index in [0.29, 0.717) is 15.6 Å². The molecule has 6 heteroatoms. The highest BCUT2D eigenvalue weighted by atomic mass is 35.5. The molecule has 1 saturated heterocycles. The van der Waals surface area contributed by atoms with Gasteiger partial charge in [0.2, 0.25) is 0 Å². The summed E-state index contributed by atoms with van der Waals surface area (Å²) in [5, 5.41) is 4.80. The molecule has 3 rings (SSSR count). The standard InChI is InChI=1S/C19H19Cl2N3O/c1-13-10-14(4-7-18(13)24-8-2-3-9-24)12-22-23-19(25)16-6-5-15(20)11-17(16)21/h4-7,10-12H,2-3,8-9H2,1H3,(H,23,25)/b22-12+. The third-order valence-corrected chi connectivity index (χ3v) is 4.77. The number of benzene rings is 2. The van der Waals surface area contributed by atoms with Crippen molar-refractivity contribution in [3.8, 4) is 0 Å². The number of rotatable bonds is 4. The number of carbonyl (C=O) groups excluding carboxylic acids is 1. The molecule has 0 saturated carbocycles. The Bertz CT molecular complexity index is 814. The van der Waals surface area contributed by atoms with Crippen molar-refractivity contribution in [3.63, 3.8) is 0 Å². The minimum absolute atomic E-state index is 0.297. The van der Waals surface area contributed by atoms with Crippen LogP contribution in [0.3, 0.4) is 0 Å². The fourth-order valence-corrected chi connectivity index (χ4v) is 3.47. The minimum atomic E-state index is -0.372. The van der Waals surface area contributed by atoms with Crippen molar-refractivity contribution in [2.75, 3.05) is 18.0 Å². The summed E-state index contributed by atoms with van der Waals surface area (Å²) in [4.78, 5) is 14.5. The Labute approximate surface area is 157 Å². The molecule has 0 spiro atoms. The summed E-state index contributed by atoms with van der Waals surface area (Å²) in [6, 6.07) is 10.9. The van der Waals surface area contributed by atoms with E-state index in [0.717, 1.165) is 18.7 Å². The number of hydrogen-bond acceptors (Lipinski definition) is 3. The lowest BCUT2D eigenvalue weighted by Gasteiger charge is -2.20. The van der Waals surface area contributed by atoms with Gasteiger partial charge in [-0.15, -0.1) is 0 Å². The molecule has 0 bridgehead atoms. The van der Waals surface area contributed by atoms with Gasteiger partial charge in [0.1, 0.15) is 0 Å². The zero-order chi connectivity index (χ0) is 17.8. The lowest BCUT2D eigenvalue weighted by atomic mass is 10.1. The molecule has 2 aromatic rings. The molecule has 1 N–H and O–H groups in total. The van der Waals surface area contributed by atoms with Gasteiger partial charge in [-0.1, -0.05) is 29.3 Å². The highest BCUT2D eigenvalue weighted by Gasteiger charge is 2.14. The second-order valence-corrected chi connectivity index (χ2v) is 6.91. The number of nitrogens with zero attached hydrogens (tertiary/aromatic N) is 2. The molecular weight excluding hydrogens is 357 g/mol. The summed E-state index contributed by atoms with van der Waals surface area (Å²) in [6.07, 6.45) is 4.13. The summed E-state index contributed by atoms with van der Waals surface area (Å²) < 4.78 is 0. The van der Waals surface area contributed by atoms with E-state index >= 15 is 0 Å². The zero-order valence-corrected chi connectivity index (χ0v) is 15.4. The summed E-state index contributed by atoms with van der Waals surface area (Å²) >= 11 is 11.9. The number of amides is 1. The average molecular weight is 376 g/mol. The van der Waals surface area contributed by atoms with Crippen LogP contribution in [0.25, 0.3) is 0 Å². The monoisotopic (exact) mass is 375 g/mol. The van der Waals surface area contributed by atoms with Gasteiger partial charge in [-0.3, -0.25) is 4.79 Å². The molecule has 1 fully saturated rings. The maximum atomic E-state index is 12.1. The molecule has 4 nitrogen and oxygen atoms in total. The number of nitrogens with one attached hydrogen (secondary N) is 1. The van der Waals surface area contributed by atoms with Gasteiger partial charge in [0, 0.05) is 23.8 Å². The molecule has 130 valence electrons. The van der Waals surface area contributed by atoms with Crippen LogP contribution in [0.5, 0.6) is 0 Å². The molecule has 1 amide bonds. The molecule has 25 heavy (non-hydrogen) atoms. The van der Waals surface area contributed by atoms with Crippen LogP contribution in [0.4, 0.5) is 5.69 Å². The van der Waals surface area contributed by atoms with E-state index in [1.165, 1.54) is 30.2 Å². The molecule has 0 aromatic heterocycles. The molecule has 1 aliphatic rings. The van der Waals surface area contributed by atoms with Gasteiger partial charge in [-0.05, 0) is 61.2 Å². The van der Waals surface area contributed by atoms with E-state index in [4.69, 9.17) is 23.2 Å². The van der Waals surface area contributed by atoms with E-state index in [-0.39, 0.29) is 5.91 Å². The lowest BCUT2D eigenvalue weighted by Crippen LogP contribution is -2.19. The summed E-state index contributed by atoms with van der Waals surface area (Å²) in [5.74, 6) is -0.372. The van der Waals surface area contributed by atoms with Gasteiger partial charge >= 0.3 is 0 Å². The number of anilines is 1. The lowest BCUT2D eigenvalue weighted by molar-refractivity contribution is 0.0955. The first kappa shape index (κ1) is 17.8. The molecule has 0 aliphatic carbocycles. The van der Waals surface area contributed by atoms with E-state index in [1.54, 1.807) is 18.3 Å². The Kier molecular flexibility index (Phi) is 5.61. The van der Waals surface area contributed by atoms with Crippen LogP contribution >= 0.6 is 23.2 Å². The smallest absolute Gasteiger partial charge is 0.272 e. The van der Waals surface area contributed by atoms with Gasteiger partial charge in [0.15, 0.2) is 0 Å². The van der Waals surface area contributed by atoms with Crippen molar-refractivity contribution >= 4 is 41.0 Å². The fourth-order valence-electron chi connectivity index (χ4n) is 2.97. The van der Waals surface area contributed by atoms with Crippen molar-refractivity contribution in [2.45, 2.75) is 19.8 Å². The molecule has 0 radical (unpaired) electrons. The Morgan fingerprint density at radius 1 is 1.16 bits per heavy atom. The quantitative estimate of drug-likeness (QED) is 0.623. The second-order valence-electron chi connectivity index (χ2n) is 6.06. The molecule has 0 unspecified atom stereocenters. The van der Waals surface area contributed by atoms with Crippen LogP contribution in [0.15, 0.2) is 41.5 Å². The number of halogens is 2. The summed E-state index contributed by atoms with van der Waals surface area (Å²) in [6.45, 7) is 4.33. The van der Waals surface area contributed by atoms with Gasteiger partial charge in [0.25, 0.3) is 5.91 Å². The number of carbonyl (C=O) groups is 1. The molecule has 0 atom stereocenters. The van der Waals surface area contributed by atoms with Gasteiger partial charge < -0.3 is 4.90 Å². The third kappa shape index (κ3) is 4.33. The van der Waals surface area contributed by atoms with Crippen molar-refractivity contribution in [1.29, 1.82) is 0 Å². The Balaban J connectivity index is 1.65. The van der Waals surface area contributed by atoms with Crippen LogP contribution in [0.1, 0.15) is 34.3 Å². The van der Waals surface area contributed by atoms with E-state index in [1.807, 2.05) is 6.07 Å². The number of hydrazone groups is 1. The van der Waals surface area contributed by atoms with E-state index in [2.05, 4.69) is 34.5 Å². The normalized spacial score (nSPS) is 14.3. The largest absolute Gasteiger partial charge is 0.371 e. The second kappa shape index (κ2) is 7.89. The van der Waals surface area contributed by atoms with Crippen LogP contribution in [0.2, 0.25) is 10.0 Å². The third-order valence-electron chi connectivity index (χ3n) is 4.22. The summed E-state index contributed by atoms with van der Waals surface area (Å²) in [7, 11) is 0. The van der Waals surface area contributed by atoms with Crippen LogP contribution in [0, 0.1) is 6.92 Å². The first-order valence-electron chi connectivity index (χ1n) is 8.18. The number of hydrogen-bond donors (Lipinski definition) is 1. The van der Waals surface area contributed by atoms with Gasteiger partial charge in [0.05, 0.1) is 16.8 Å². The first-order chi connectivity index (χ1) is 12.0. The van der Waals surface area contributed by atoms with Crippen LogP contribution < -0.4 is 10.3 Å². The predicted molar refractivity (Wildman–Crippen MR) is 104 cm³/mol. The maximum absolute atomic E-state index is 12.1. The van der Waals surface area contributed by atoms with Crippen LogP contribution in [-0.2, 0) is 0 Å². The first-order valence-corrected chi connectivity index (χ1v) is 8.94. The van der Waals surface area contributed by atoms with Crippen molar-refractivity contribution in [1.82, 2.24) is 5.43 Å². The zero-order valence-electron chi connectivity index (χ0n) is 13.9. The average Bonchev–Trinajstić information content (AvgIpc) is 3.09. The fraction of sp³-hybridized carbons (Fsp3) is 0.263. The number of aryl methyl sites for hydroxylation is 1. The van der Waals surface area contributed by atoms with E-state index < -0.39 is 0 Å². The molecule has 1 aliphatic heterocycles. The van der Waals surface area contributed by atoms with Gasteiger partial charge in [-0.25, -0.2) is 5.43 Å². The highest BCUT2D eigenvalue weighted by Crippen LogP contribution is 2.24. The van der Waals surface area contributed by atoms with E-state index in [9.17, 15) is 4.79 Å². The summed E-state index contributed by atoms with van der Waals surface area (Å²) in [5.41, 5.74) is 6.24. The Morgan fingerprint density at radius 2 is 1.92 bits per heavy atom. The minimum Gasteiger partial charge on any atom is -0.371 e.